The molecule has 5 heteroatoms. The second-order valence-electron chi connectivity index (χ2n) is 7.30. The molecule has 1 saturated carbocycles. The third-order valence-electron chi connectivity index (χ3n) is 5.53. The number of piperazine rings is 1. The van der Waals surface area contributed by atoms with Crippen molar-refractivity contribution in [3.63, 3.8) is 0 Å². The van der Waals surface area contributed by atoms with Gasteiger partial charge in [-0.05, 0) is 37.0 Å². The molecule has 0 unspecified atom stereocenters. The molecule has 2 aliphatic rings. The highest BCUT2D eigenvalue weighted by molar-refractivity contribution is 5.28. The van der Waals surface area contributed by atoms with Gasteiger partial charge in [-0.2, -0.15) is 0 Å². The molecule has 1 aromatic carbocycles. The van der Waals surface area contributed by atoms with Crippen LogP contribution in [-0.2, 0) is 6.54 Å². The number of aliphatic hydroxyl groups excluding tert-OH is 2. The van der Waals surface area contributed by atoms with Gasteiger partial charge in [0.2, 0.25) is 0 Å². The zero-order valence-electron chi connectivity index (χ0n) is 15.1. The van der Waals surface area contributed by atoms with E-state index in [1.807, 2.05) is 12.1 Å². The Morgan fingerprint density at radius 2 is 1.92 bits per heavy atom. The van der Waals surface area contributed by atoms with Crippen LogP contribution in [0.2, 0.25) is 0 Å². The average Bonchev–Trinajstić information content (AvgIpc) is 3.15. The van der Waals surface area contributed by atoms with Gasteiger partial charge in [-0.1, -0.05) is 25.0 Å². The molecule has 0 amide bonds. The smallest absolute Gasteiger partial charge is 0.119 e. The van der Waals surface area contributed by atoms with Crippen LogP contribution in [0.25, 0.3) is 0 Å². The Balaban J connectivity index is 1.58. The van der Waals surface area contributed by atoms with Crippen LogP contribution in [0.5, 0.6) is 5.75 Å². The van der Waals surface area contributed by atoms with Gasteiger partial charge in [0.1, 0.15) is 12.4 Å². The first-order valence-electron chi connectivity index (χ1n) is 9.71. The Morgan fingerprint density at radius 3 is 2.68 bits per heavy atom. The Hall–Kier alpha value is -1.14. The van der Waals surface area contributed by atoms with Crippen LogP contribution in [0.15, 0.2) is 24.3 Å². The highest BCUT2D eigenvalue weighted by Gasteiger charge is 2.32. The highest BCUT2D eigenvalue weighted by Crippen LogP contribution is 2.28. The van der Waals surface area contributed by atoms with E-state index < -0.39 is 0 Å². The minimum absolute atomic E-state index is 0.0379. The van der Waals surface area contributed by atoms with E-state index in [9.17, 15) is 5.11 Å². The Labute approximate surface area is 151 Å². The Kier molecular flexibility index (Phi) is 7.11. The summed E-state index contributed by atoms with van der Waals surface area (Å²) in [5.74, 6) is 0.822. The van der Waals surface area contributed by atoms with Crippen molar-refractivity contribution in [1.29, 1.82) is 0 Å². The zero-order chi connectivity index (χ0) is 17.5. The topological polar surface area (TPSA) is 56.2 Å². The molecule has 0 bridgehead atoms. The van der Waals surface area contributed by atoms with Crippen LogP contribution in [0.3, 0.4) is 0 Å². The summed E-state index contributed by atoms with van der Waals surface area (Å²) in [4.78, 5) is 5.16. The molecule has 1 aromatic rings. The summed E-state index contributed by atoms with van der Waals surface area (Å²) < 4.78 is 5.52. The summed E-state index contributed by atoms with van der Waals surface area (Å²) in [6.07, 6.45) is 6.24. The molecule has 1 saturated heterocycles. The molecule has 0 radical (unpaired) electrons. The van der Waals surface area contributed by atoms with E-state index >= 15 is 0 Å². The van der Waals surface area contributed by atoms with Gasteiger partial charge < -0.3 is 14.9 Å². The fourth-order valence-corrected chi connectivity index (χ4v) is 4.36. The van der Waals surface area contributed by atoms with E-state index in [2.05, 4.69) is 21.9 Å². The predicted molar refractivity (Wildman–Crippen MR) is 98.8 cm³/mol. The molecule has 0 aromatic heterocycles. The van der Waals surface area contributed by atoms with Gasteiger partial charge >= 0.3 is 0 Å². The monoisotopic (exact) mass is 348 g/mol. The number of nitrogens with zero attached hydrogens (tertiary/aromatic N) is 2. The molecule has 1 aliphatic heterocycles. The average molecular weight is 348 g/mol. The molecule has 1 heterocycles. The standard InChI is InChI=1S/C20H32N2O3/c23-11-8-19-16-21(9-10-22(19)18-5-1-2-6-18)15-17-4-3-7-20(14-17)25-13-12-24/h3-4,7,14,18-19,23-24H,1-2,5-6,8-13,15-16H2/t19-/m0/s1. The summed E-state index contributed by atoms with van der Waals surface area (Å²) in [6, 6.07) is 9.36. The van der Waals surface area contributed by atoms with Gasteiger partial charge in [0.05, 0.1) is 6.61 Å². The maximum absolute atomic E-state index is 9.49. The van der Waals surface area contributed by atoms with Crippen LogP contribution in [-0.4, -0.2) is 71.6 Å². The van der Waals surface area contributed by atoms with E-state index in [1.54, 1.807) is 0 Å². The zero-order valence-corrected chi connectivity index (χ0v) is 15.1. The Morgan fingerprint density at radius 1 is 1.08 bits per heavy atom. The van der Waals surface area contributed by atoms with Crippen molar-refractivity contribution in [1.82, 2.24) is 9.80 Å². The summed E-state index contributed by atoms with van der Waals surface area (Å²) in [5, 5.41) is 18.4. The summed E-state index contributed by atoms with van der Waals surface area (Å²) in [6.45, 7) is 4.77. The van der Waals surface area contributed by atoms with Gasteiger partial charge in [-0.25, -0.2) is 0 Å². The fraction of sp³-hybridized carbons (Fsp3) is 0.700. The second kappa shape index (κ2) is 9.53. The largest absolute Gasteiger partial charge is 0.491 e. The van der Waals surface area contributed by atoms with Crippen molar-refractivity contribution >= 4 is 0 Å². The lowest BCUT2D eigenvalue weighted by Gasteiger charge is -2.44. The number of ether oxygens (including phenoxy) is 1. The minimum atomic E-state index is 0.0379. The highest BCUT2D eigenvalue weighted by atomic mass is 16.5. The quantitative estimate of drug-likeness (QED) is 0.751. The van der Waals surface area contributed by atoms with Gasteiger partial charge in [0.25, 0.3) is 0 Å². The van der Waals surface area contributed by atoms with E-state index in [1.165, 1.54) is 31.2 Å². The molecule has 2 N–H and O–H groups in total. The summed E-state index contributed by atoms with van der Waals surface area (Å²) in [5.41, 5.74) is 1.24. The van der Waals surface area contributed by atoms with Crippen LogP contribution < -0.4 is 4.74 Å². The van der Waals surface area contributed by atoms with Crippen LogP contribution in [0.1, 0.15) is 37.7 Å². The van der Waals surface area contributed by atoms with Crippen LogP contribution in [0, 0.1) is 0 Å². The molecule has 0 spiro atoms. The number of aliphatic hydroxyl groups is 2. The third-order valence-corrected chi connectivity index (χ3v) is 5.53. The van der Waals surface area contributed by atoms with Crippen molar-refractivity contribution in [2.45, 2.75) is 50.7 Å². The number of hydrogen-bond acceptors (Lipinski definition) is 5. The third kappa shape index (κ3) is 5.17. The van der Waals surface area contributed by atoms with Gasteiger partial charge in [-0.3, -0.25) is 9.80 Å². The molecule has 25 heavy (non-hydrogen) atoms. The van der Waals surface area contributed by atoms with E-state index in [0.29, 0.717) is 12.6 Å². The predicted octanol–water partition coefficient (Wildman–Crippen LogP) is 1.87. The maximum atomic E-state index is 9.49. The second-order valence-corrected chi connectivity index (χ2v) is 7.30. The molecule has 140 valence electrons. The molecular formula is C20H32N2O3. The lowest BCUT2D eigenvalue weighted by atomic mass is 10.0. The van der Waals surface area contributed by atoms with Gasteiger partial charge in [0, 0.05) is 44.9 Å². The fourth-order valence-electron chi connectivity index (χ4n) is 4.36. The van der Waals surface area contributed by atoms with Crippen molar-refractivity contribution in [2.75, 3.05) is 39.5 Å². The molecule has 3 rings (SSSR count). The first-order valence-corrected chi connectivity index (χ1v) is 9.71. The maximum Gasteiger partial charge on any atom is 0.119 e. The molecule has 1 aliphatic carbocycles. The molecule has 2 fully saturated rings. The first-order chi connectivity index (χ1) is 12.3. The van der Waals surface area contributed by atoms with Gasteiger partial charge in [0.15, 0.2) is 0 Å². The number of hydrogen-bond donors (Lipinski definition) is 2. The molecule has 5 nitrogen and oxygen atoms in total. The van der Waals surface area contributed by atoms with E-state index in [-0.39, 0.29) is 13.2 Å². The molecular weight excluding hydrogens is 316 g/mol. The normalized spacial score (nSPS) is 23.2. The van der Waals surface area contributed by atoms with Crippen LogP contribution in [0.4, 0.5) is 0 Å². The molecule has 1 atom stereocenters. The number of rotatable bonds is 8. The first kappa shape index (κ1) is 18.6. The summed E-state index contributed by atoms with van der Waals surface area (Å²) >= 11 is 0. The number of benzene rings is 1. The van der Waals surface area contributed by atoms with E-state index in [4.69, 9.17) is 9.84 Å². The lowest BCUT2D eigenvalue weighted by Crippen LogP contribution is -2.55. The van der Waals surface area contributed by atoms with E-state index in [0.717, 1.165) is 44.4 Å². The van der Waals surface area contributed by atoms with Crippen LogP contribution >= 0.6 is 0 Å². The summed E-state index contributed by atoms with van der Waals surface area (Å²) in [7, 11) is 0. The van der Waals surface area contributed by atoms with Crippen molar-refractivity contribution in [2.24, 2.45) is 0 Å². The van der Waals surface area contributed by atoms with Crippen molar-refractivity contribution in [3.8, 4) is 5.75 Å². The van der Waals surface area contributed by atoms with Crippen molar-refractivity contribution in [3.05, 3.63) is 29.8 Å². The van der Waals surface area contributed by atoms with Crippen molar-refractivity contribution < 1.29 is 14.9 Å². The SMILES string of the molecule is OCCOc1cccc(CN2CCN(C3CCCC3)[C@@H](CCO)C2)c1. The minimum Gasteiger partial charge on any atom is -0.491 e. The van der Waals surface area contributed by atoms with Gasteiger partial charge in [-0.15, -0.1) is 0 Å². The lowest BCUT2D eigenvalue weighted by molar-refractivity contribution is 0.0267. The Bertz CT molecular complexity index is 519.